The lowest BCUT2D eigenvalue weighted by Crippen LogP contribution is -2.44. The fraction of sp³-hybridized carbons (Fsp3) is 0.211. The van der Waals surface area contributed by atoms with E-state index in [1.54, 1.807) is 12.1 Å². The number of nitrogens with zero attached hydrogens (tertiary/aromatic N) is 1. The van der Waals surface area contributed by atoms with Gasteiger partial charge in [0.15, 0.2) is 0 Å². The van der Waals surface area contributed by atoms with Crippen molar-refractivity contribution in [3.8, 4) is 0 Å². The summed E-state index contributed by atoms with van der Waals surface area (Å²) in [4.78, 5) is 36.7. The van der Waals surface area contributed by atoms with E-state index in [1.807, 2.05) is 0 Å². The molecule has 140 valence electrons. The van der Waals surface area contributed by atoms with Gasteiger partial charge in [-0.2, -0.15) is 13.2 Å². The molecule has 1 atom stereocenters. The van der Waals surface area contributed by atoms with E-state index in [0.717, 1.165) is 11.0 Å². The summed E-state index contributed by atoms with van der Waals surface area (Å²) in [6.45, 7) is -0.225. The molecule has 1 N–H and O–H groups in total. The maximum Gasteiger partial charge on any atom is 0.416 e. The molecule has 3 rings (SSSR count). The molecular weight excluding hydrogens is 361 g/mol. The predicted octanol–water partition coefficient (Wildman–Crippen LogP) is 2.66. The summed E-state index contributed by atoms with van der Waals surface area (Å²) in [5.41, 5.74) is -0.364. The highest BCUT2D eigenvalue weighted by Gasteiger charge is 2.37. The van der Waals surface area contributed by atoms with Crippen molar-refractivity contribution in [2.75, 3.05) is 6.54 Å². The standard InChI is InChI=1S/C19H15F3N2O3/c20-19(21,22)16-8-4-1-5-12(16)9-13(23-11-25)10-24-17(26)14-6-2-3-7-15(14)18(24)27/h1-8,11,13H,9-10H2,(H,23,25)/t13-/m0/s1. The molecule has 0 saturated carbocycles. The van der Waals surface area contributed by atoms with Gasteiger partial charge < -0.3 is 5.32 Å². The number of amides is 3. The molecule has 1 heterocycles. The Labute approximate surface area is 152 Å². The smallest absolute Gasteiger partial charge is 0.354 e. The van der Waals surface area contributed by atoms with Crippen LogP contribution in [0.15, 0.2) is 48.5 Å². The molecule has 0 unspecified atom stereocenters. The molecule has 3 amide bonds. The summed E-state index contributed by atoms with van der Waals surface area (Å²) in [6.07, 6.45) is -4.38. The zero-order valence-corrected chi connectivity index (χ0v) is 14.0. The molecule has 0 fully saturated rings. The van der Waals surface area contributed by atoms with E-state index < -0.39 is 29.6 Å². The van der Waals surface area contributed by atoms with Crippen LogP contribution in [0, 0.1) is 0 Å². The number of rotatable bonds is 6. The minimum Gasteiger partial charge on any atom is -0.354 e. The van der Waals surface area contributed by atoms with Gasteiger partial charge in [0.25, 0.3) is 11.8 Å². The highest BCUT2D eigenvalue weighted by atomic mass is 19.4. The van der Waals surface area contributed by atoms with Gasteiger partial charge in [-0.15, -0.1) is 0 Å². The molecule has 0 spiro atoms. The van der Waals surface area contributed by atoms with Crippen molar-refractivity contribution >= 4 is 18.2 Å². The first-order chi connectivity index (χ1) is 12.8. The number of carbonyl (C=O) groups excluding carboxylic acids is 3. The van der Waals surface area contributed by atoms with Gasteiger partial charge in [-0.1, -0.05) is 30.3 Å². The molecule has 8 heteroatoms. The second kappa shape index (κ2) is 7.22. The average molecular weight is 376 g/mol. The van der Waals surface area contributed by atoms with Gasteiger partial charge in [0.05, 0.1) is 22.7 Å². The van der Waals surface area contributed by atoms with Crippen molar-refractivity contribution in [3.05, 3.63) is 70.8 Å². The molecule has 1 aliphatic rings. The second-order valence-corrected chi connectivity index (χ2v) is 6.11. The topological polar surface area (TPSA) is 66.5 Å². The molecule has 0 aliphatic carbocycles. The Morgan fingerprint density at radius 3 is 2.07 bits per heavy atom. The van der Waals surface area contributed by atoms with E-state index in [9.17, 15) is 27.6 Å². The van der Waals surface area contributed by atoms with E-state index >= 15 is 0 Å². The lowest BCUT2D eigenvalue weighted by molar-refractivity contribution is -0.138. The fourth-order valence-electron chi connectivity index (χ4n) is 3.14. The molecule has 0 aromatic heterocycles. The first kappa shape index (κ1) is 18.6. The molecule has 0 radical (unpaired) electrons. The maximum atomic E-state index is 13.2. The molecule has 2 aromatic rings. The normalized spacial score (nSPS) is 14.9. The van der Waals surface area contributed by atoms with Crippen LogP contribution >= 0.6 is 0 Å². The van der Waals surface area contributed by atoms with Crippen LogP contribution in [0.25, 0.3) is 0 Å². The van der Waals surface area contributed by atoms with Crippen molar-refractivity contribution in [1.82, 2.24) is 10.2 Å². The number of nitrogens with one attached hydrogen (secondary N) is 1. The Balaban J connectivity index is 1.84. The summed E-state index contributed by atoms with van der Waals surface area (Å²) in [7, 11) is 0. The summed E-state index contributed by atoms with van der Waals surface area (Å²) >= 11 is 0. The molecule has 0 saturated heterocycles. The zero-order chi connectivity index (χ0) is 19.6. The zero-order valence-electron chi connectivity index (χ0n) is 14.0. The van der Waals surface area contributed by atoms with E-state index in [4.69, 9.17) is 0 Å². The van der Waals surface area contributed by atoms with Gasteiger partial charge in [0.1, 0.15) is 0 Å². The van der Waals surface area contributed by atoms with Crippen LogP contribution in [0.1, 0.15) is 31.8 Å². The van der Waals surface area contributed by atoms with Gasteiger partial charge in [0, 0.05) is 6.54 Å². The minimum absolute atomic E-state index is 0.0269. The lowest BCUT2D eigenvalue weighted by atomic mass is 9.99. The Kier molecular flexibility index (Phi) is 4.98. The fourth-order valence-corrected chi connectivity index (χ4v) is 3.14. The summed E-state index contributed by atoms with van der Waals surface area (Å²) in [5.74, 6) is -1.06. The number of fused-ring (bicyclic) bond motifs is 1. The molecule has 1 aliphatic heterocycles. The Bertz CT molecular complexity index is 861. The van der Waals surface area contributed by atoms with E-state index in [-0.39, 0.29) is 29.7 Å². The molecular formula is C19H15F3N2O3. The third kappa shape index (κ3) is 3.69. The lowest BCUT2D eigenvalue weighted by Gasteiger charge is -2.23. The minimum atomic E-state index is -4.54. The monoisotopic (exact) mass is 376 g/mol. The average Bonchev–Trinajstić information content (AvgIpc) is 2.87. The van der Waals surface area contributed by atoms with Crippen molar-refractivity contribution in [1.29, 1.82) is 0 Å². The third-order valence-corrected chi connectivity index (χ3v) is 4.37. The summed E-state index contributed by atoms with van der Waals surface area (Å²) in [5, 5.41) is 2.41. The highest BCUT2D eigenvalue weighted by molar-refractivity contribution is 6.21. The van der Waals surface area contributed by atoms with Crippen LogP contribution in [-0.4, -0.2) is 35.7 Å². The van der Waals surface area contributed by atoms with E-state index in [2.05, 4.69) is 5.32 Å². The quantitative estimate of drug-likeness (QED) is 0.623. The highest BCUT2D eigenvalue weighted by Crippen LogP contribution is 2.32. The molecule has 27 heavy (non-hydrogen) atoms. The van der Waals surface area contributed by atoms with Crippen LogP contribution in [0.3, 0.4) is 0 Å². The number of halogens is 3. The molecule has 2 aromatic carbocycles. The molecule has 5 nitrogen and oxygen atoms in total. The van der Waals surface area contributed by atoms with Gasteiger partial charge in [0.2, 0.25) is 6.41 Å². The van der Waals surface area contributed by atoms with Crippen LogP contribution in [0.2, 0.25) is 0 Å². The molecule has 0 bridgehead atoms. The van der Waals surface area contributed by atoms with Crippen molar-refractivity contribution in [2.24, 2.45) is 0 Å². The Morgan fingerprint density at radius 2 is 1.52 bits per heavy atom. The Morgan fingerprint density at radius 1 is 0.963 bits per heavy atom. The van der Waals surface area contributed by atoms with Gasteiger partial charge >= 0.3 is 6.18 Å². The Hall–Kier alpha value is -3.16. The first-order valence-corrected chi connectivity index (χ1v) is 8.13. The van der Waals surface area contributed by atoms with Crippen LogP contribution in [-0.2, 0) is 17.4 Å². The van der Waals surface area contributed by atoms with Crippen LogP contribution in [0.4, 0.5) is 13.2 Å². The number of imide groups is 1. The first-order valence-electron chi connectivity index (χ1n) is 8.13. The van der Waals surface area contributed by atoms with Crippen molar-refractivity contribution < 1.29 is 27.6 Å². The number of alkyl halides is 3. The van der Waals surface area contributed by atoms with E-state index in [0.29, 0.717) is 6.41 Å². The predicted molar refractivity (Wildman–Crippen MR) is 89.9 cm³/mol. The van der Waals surface area contributed by atoms with Crippen LogP contribution < -0.4 is 5.32 Å². The largest absolute Gasteiger partial charge is 0.416 e. The van der Waals surface area contributed by atoms with Gasteiger partial charge in [-0.05, 0) is 30.2 Å². The number of hydrogen-bond acceptors (Lipinski definition) is 3. The maximum absolute atomic E-state index is 13.2. The third-order valence-electron chi connectivity index (χ3n) is 4.37. The van der Waals surface area contributed by atoms with E-state index in [1.165, 1.54) is 30.3 Å². The number of hydrogen-bond donors (Lipinski definition) is 1. The SMILES string of the molecule is O=CN[C@@H](Cc1ccccc1C(F)(F)F)CN1C(=O)c2ccccc2C1=O. The second-order valence-electron chi connectivity index (χ2n) is 6.11. The number of benzene rings is 2. The van der Waals surface area contributed by atoms with Gasteiger partial charge in [-0.25, -0.2) is 0 Å². The van der Waals surface area contributed by atoms with Crippen LogP contribution in [0.5, 0.6) is 0 Å². The summed E-state index contributed by atoms with van der Waals surface area (Å²) < 4.78 is 39.6. The van der Waals surface area contributed by atoms with Gasteiger partial charge in [-0.3, -0.25) is 19.3 Å². The number of carbonyl (C=O) groups is 3. The van der Waals surface area contributed by atoms with Crippen molar-refractivity contribution in [3.63, 3.8) is 0 Å². The van der Waals surface area contributed by atoms with Crippen molar-refractivity contribution in [2.45, 2.75) is 18.6 Å². The summed E-state index contributed by atoms with van der Waals surface area (Å²) in [6, 6.07) is 10.4.